The molecule has 0 aromatic heterocycles. The van der Waals surface area contributed by atoms with Crippen molar-refractivity contribution in [3.63, 3.8) is 0 Å². The van der Waals surface area contributed by atoms with Crippen molar-refractivity contribution < 1.29 is 9.53 Å². The molecule has 1 fully saturated rings. The van der Waals surface area contributed by atoms with Gasteiger partial charge in [0.15, 0.2) is 0 Å². The third kappa shape index (κ3) is 3.27. The van der Waals surface area contributed by atoms with Gasteiger partial charge in [-0.25, -0.2) is 4.79 Å². The first-order valence-electron chi connectivity index (χ1n) is 5.70. The maximum atomic E-state index is 11.7. The fourth-order valence-electron chi connectivity index (χ4n) is 1.87. The largest absolute Gasteiger partial charge is 0.445 e. The van der Waals surface area contributed by atoms with Crippen LogP contribution in [-0.4, -0.2) is 29.5 Å². The number of likely N-dealkylation sites (tertiary alicyclic amines) is 1. The second-order valence-corrected chi connectivity index (χ2v) is 4.44. The topological polar surface area (TPSA) is 29.5 Å². The molecule has 17 heavy (non-hydrogen) atoms. The average molecular weight is 249 g/mol. The molecule has 1 amide bonds. The highest BCUT2D eigenvalue weighted by atomic mass is 32.1. The molecule has 1 saturated heterocycles. The Morgan fingerprint density at radius 3 is 2.88 bits per heavy atom. The number of nitrogens with zero attached hydrogens (tertiary/aromatic N) is 1. The summed E-state index contributed by atoms with van der Waals surface area (Å²) in [5.74, 6) is 0.342. The Morgan fingerprint density at radius 2 is 2.24 bits per heavy atom. The van der Waals surface area contributed by atoms with E-state index in [9.17, 15) is 4.79 Å². The number of hydrogen-bond donors (Lipinski definition) is 0. The van der Waals surface area contributed by atoms with Crippen molar-refractivity contribution >= 4 is 23.7 Å². The third-order valence-corrected chi connectivity index (χ3v) is 3.27. The molecular weight excluding hydrogens is 234 g/mol. The zero-order chi connectivity index (χ0) is 12.1. The summed E-state index contributed by atoms with van der Waals surface area (Å²) in [6.45, 7) is 1.76. The van der Waals surface area contributed by atoms with Crippen LogP contribution in [0.3, 0.4) is 0 Å². The summed E-state index contributed by atoms with van der Waals surface area (Å²) in [6, 6.07) is 9.69. The number of amides is 1. The normalized spacial score (nSPS) is 19.1. The number of rotatable bonds is 3. The number of carbonyl (C=O) groups is 1. The van der Waals surface area contributed by atoms with Crippen molar-refractivity contribution in [3.05, 3.63) is 35.9 Å². The van der Waals surface area contributed by atoms with E-state index in [1.807, 2.05) is 30.3 Å². The van der Waals surface area contributed by atoms with Crippen LogP contribution in [0.2, 0.25) is 0 Å². The molecule has 4 heteroatoms. The van der Waals surface area contributed by atoms with Gasteiger partial charge < -0.3 is 9.64 Å². The highest BCUT2D eigenvalue weighted by Crippen LogP contribution is 2.15. The summed E-state index contributed by atoms with van der Waals surface area (Å²) in [5.41, 5.74) is 1.01. The first kappa shape index (κ1) is 12.0. The molecule has 1 aromatic carbocycles. The Hall–Kier alpha value is -1.42. The van der Waals surface area contributed by atoms with E-state index in [4.69, 9.17) is 17.0 Å². The number of carbonyl (C=O) groups excluding carboxylic acids is 1. The molecule has 1 aliphatic rings. The molecule has 0 bridgehead atoms. The van der Waals surface area contributed by atoms with E-state index in [2.05, 4.69) is 0 Å². The summed E-state index contributed by atoms with van der Waals surface area (Å²) in [6.07, 6.45) is 0.706. The highest BCUT2D eigenvalue weighted by molar-refractivity contribution is 7.79. The summed E-state index contributed by atoms with van der Waals surface area (Å²) < 4.78 is 5.24. The molecule has 0 spiro atoms. The minimum Gasteiger partial charge on any atom is -0.445 e. The quantitative estimate of drug-likeness (QED) is 0.771. The van der Waals surface area contributed by atoms with Gasteiger partial charge in [0.25, 0.3) is 0 Å². The molecule has 1 aliphatic heterocycles. The van der Waals surface area contributed by atoms with Crippen molar-refractivity contribution in [2.45, 2.75) is 13.0 Å². The fraction of sp³-hybridized carbons (Fsp3) is 0.385. The van der Waals surface area contributed by atoms with Crippen LogP contribution in [0.1, 0.15) is 12.0 Å². The Kier molecular flexibility index (Phi) is 4.09. The Balaban J connectivity index is 1.80. The van der Waals surface area contributed by atoms with Gasteiger partial charge in [-0.1, -0.05) is 42.5 Å². The summed E-state index contributed by atoms with van der Waals surface area (Å²) in [7, 11) is 0. The number of ether oxygens (including phenoxy) is 1. The minimum absolute atomic E-state index is 0.242. The SMILES string of the molecule is O=C(OCc1ccccc1)N1CCC(C=S)C1. The molecule has 0 saturated carbocycles. The molecular formula is C13H15NO2S. The van der Waals surface area contributed by atoms with Gasteiger partial charge in [-0.3, -0.25) is 0 Å². The highest BCUT2D eigenvalue weighted by Gasteiger charge is 2.25. The van der Waals surface area contributed by atoms with Gasteiger partial charge in [0.2, 0.25) is 0 Å². The lowest BCUT2D eigenvalue weighted by molar-refractivity contribution is 0.104. The van der Waals surface area contributed by atoms with Crippen molar-refractivity contribution in [2.24, 2.45) is 5.92 Å². The van der Waals surface area contributed by atoms with Gasteiger partial charge in [-0.05, 0) is 17.4 Å². The van der Waals surface area contributed by atoms with Crippen LogP contribution in [0.4, 0.5) is 4.79 Å². The molecule has 1 heterocycles. The van der Waals surface area contributed by atoms with E-state index >= 15 is 0 Å². The van der Waals surface area contributed by atoms with Crippen molar-refractivity contribution in [1.29, 1.82) is 0 Å². The Morgan fingerprint density at radius 1 is 1.47 bits per heavy atom. The maximum Gasteiger partial charge on any atom is 0.410 e. The second kappa shape index (κ2) is 5.77. The number of thiocarbonyl (C=S) groups is 1. The molecule has 0 radical (unpaired) electrons. The summed E-state index contributed by atoms with van der Waals surface area (Å²) >= 11 is 4.89. The lowest BCUT2D eigenvalue weighted by Crippen LogP contribution is -2.29. The van der Waals surface area contributed by atoms with Gasteiger partial charge in [-0.2, -0.15) is 0 Å². The third-order valence-electron chi connectivity index (χ3n) is 2.88. The van der Waals surface area contributed by atoms with Crippen LogP contribution in [0, 0.1) is 5.92 Å². The van der Waals surface area contributed by atoms with E-state index in [0.717, 1.165) is 18.5 Å². The van der Waals surface area contributed by atoms with Crippen LogP contribution in [-0.2, 0) is 11.3 Å². The van der Waals surface area contributed by atoms with E-state index in [-0.39, 0.29) is 6.09 Å². The van der Waals surface area contributed by atoms with Gasteiger partial charge >= 0.3 is 6.09 Å². The van der Waals surface area contributed by atoms with E-state index in [1.165, 1.54) is 0 Å². The maximum absolute atomic E-state index is 11.7. The first-order chi connectivity index (χ1) is 8.29. The van der Waals surface area contributed by atoms with Crippen molar-refractivity contribution in [2.75, 3.05) is 13.1 Å². The molecule has 1 atom stereocenters. The molecule has 3 nitrogen and oxygen atoms in total. The van der Waals surface area contributed by atoms with Gasteiger partial charge in [-0.15, -0.1) is 0 Å². The molecule has 0 N–H and O–H groups in total. The molecule has 1 unspecified atom stereocenters. The zero-order valence-electron chi connectivity index (χ0n) is 9.54. The number of benzene rings is 1. The van der Waals surface area contributed by atoms with E-state index < -0.39 is 0 Å². The lowest BCUT2D eigenvalue weighted by atomic mass is 10.2. The van der Waals surface area contributed by atoms with Gasteiger partial charge in [0.05, 0.1) is 0 Å². The predicted molar refractivity (Wildman–Crippen MR) is 70.0 cm³/mol. The lowest BCUT2D eigenvalue weighted by Gasteiger charge is -2.15. The van der Waals surface area contributed by atoms with Gasteiger partial charge in [0.1, 0.15) is 6.61 Å². The molecule has 90 valence electrons. The van der Waals surface area contributed by atoms with Crippen LogP contribution >= 0.6 is 12.2 Å². The predicted octanol–water partition coefficient (Wildman–Crippen LogP) is 2.64. The van der Waals surface area contributed by atoms with E-state index in [0.29, 0.717) is 19.1 Å². The van der Waals surface area contributed by atoms with Crippen LogP contribution in [0.5, 0.6) is 0 Å². The molecule has 1 aromatic rings. The van der Waals surface area contributed by atoms with E-state index in [1.54, 1.807) is 10.3 Å². The molecule has 0 aliphatic carbocycles. The minimum atomic E-state index is -0.242. The first-order valence-corrected chi connectivity index (χ1v) is 6.17. The Labute approximate surface area is 106 Å². The fourth-order valence-corrected chi connectivity index (χ4v) is 2.10. The average Bonchev–Trinajstić information content (AvgIpc) is 2.86. The second-order valence-electron chi connectivity index (χ2n) is 4.17. The zero-order valence-corrected chi connectivity index (χ0v) is 10.4. The van der Waals surface area contributed by atoms with Crippen molar-refractivity contribution in [1.82, 2.24) is 4.90 Å². The van der Waals surface area contributed by atoms with Crippen LogP contribution in [0.15, 0.2) is 30.3 Å². The standard InChI is InChI=1S/C13H15NO2S/c15-13(14-7-6-12(8-14)10-17)16-9-11-4-2-1-3-5-11/h1-5,10,12H,6-9H2. The smallest absolute Gasteiger partial charge is 0.410 e. The van der Waals surface area contributed by atoms with Gasteiger partial charge in [0, 0.05) is 19.0 Å². The monoisotopic (exact) mass is 249 g/mol. The number of hydrogen-bond acceptors (Lipinski definition) is 3. The summed E-state index contributed by atoms with van der Waals surface area (Å²) in [5, 5.41) is 1.74. The molecule has 2 rings (SSSR count). The summed E-state index contributed by atoms with van der Waals surface area (Å²) in [4.78, 5) is 13.5. The van der Waals surface area contributed by atoms with Crippen LogP contribution < -0.4 is 0 Å². The van der Waals surface area contributed by atoms with Crippen molar-refractivity contribution in [3.8, 4) is 0 Å². The Bertz CT molecular complexity index is 394. The van der Waals surface area contributed by atoms with Crippen LogP contribution in [0.25, 0.3) is 0 Å².